The van der Waals surface area contributed by atoms with Crippen LogP contribution in [0.25, 0.3) is 22.3 Å². The quantitative estimate of drug-likeness (QED) is 0.399. The van der Waals surface area contributed by atoms with E-state index < -0.39 is 0 Å². The van der Waals surface area contributed by atoms with Gasteiger partial charge in [0, 0.05) is 12.1 Å². The number of aromatic amines is 1. The van der Waals surface area contributed by atoms with Crippen LogP contribution in [0, 0.1) is 6.92 Å². The molecule has 140 valence electrons. The van der Waals surface area contributed by atoms with Crippen LogP contribution in [0.3, 0.4) is 0 Å². The summed E-state index contributed by atoms with van der Waals surface area (Å²) in [5.74, 6) is 1.90. The van der Waals surface area contributed by atoms with E-state index in [-0.39, 0.29) is 5.56 Å². The lowest BCUT2D eigenvalue weighted by atomic mass is 10.1. The summed E-state index contributed by atoms with van der Waals surface area (Å²) in [6, 6.07) is 15.5. The van der Waals surface area contributed by atoms with Crippen LogP contribution in [0.4, 0.5) is 0 Å². The molecule has 0 spiro atoms. The van der Waals surface area contributed by atoms with Gasteiger partial charge >= 0.3 is 0 Å². The van der Waals surface area contributed by atoms with Gasteiger partial charge in [0.15, 0.2) is 11.0 Å². The van der Waals surface area contributed by atoms with Gasteiger partial charge in [-0.1, -0.05) is 53.7 Å². The van der Waals surface area contributed by atoms with Crippen LogP contribution in [0.5, 0.6) is 0 Å². The van der Waals surface area contributed by atoms with Crippen molar-refractivity contribution in [2.75, 3.05) is 0 Å². The number of nitrogens with zero attached hydrogens (tertiary/aromatic N) is 4. The fourth-order valence-corrected chi connectivity index (χ4v) is 3.84. The van der Waals surface area contributed by atoms with Crippen LogP contribution < -0.4 is 5.56 Å². The first-order valence-electron chi connectivity index (χ1n) is 8.87. The number of allylic oxidation sites excluding steroid dienone is 1. The first kappa shape index (κ1) is 18.2. The Kier molecular flexibility index (Phi) is 5.08. The van der Waals surface area contributed by atoms with Crippen molar-refractivity contribution in [3.63, 3.8) is 0 Å². The van der Waals surface area contributed by atoms with Crippen molar-refractivity contribution in [2.45, 2.75) is 24.4 Å². The van der Waals surface area contributed by atoms with Gasteiger partial charge in [0.25, 0.3) is 5.56 Å². The molecule has 0 saturated carbocycles. The number of hydrogen-bond acceptors (Lipinski definition) is 5. The van der Waals surface area contributed by atoms with Gasteiger partial charge in [-0.3, -0.25) is 9.36 Å². The van der Waals surface area contributed by atoms with E-state index in [9.17, 15) is 4.79 Å². The molecule has 4 aromatic rings. The summed E-state index contributed by atoms with van der Waals surface area (Å²) in [5.41, 5.74) is 2.74. The average molecular weight is 389 g/mol. The first-order valence-corrected chi connectivity index (χ1v) is 9.86. The smallest absolute Gasteiger partial charge is 0.258 e. The Bertz CT molecular complexity index is 1210. The molecule has 2 heterocycles. The van der Waals surface area contributed by atoms with E-state index in [1.807, 2.05) is 41.0 Å². The summed E-state index contributed by atoms with van der Waals surface area (Å²) in [6.45, 7) is 6.50. The number of rotatable bonds is 6. The Balaban J connectivity index is 1.63. The predicted molar refractivity (Wildman–Crippen MR) is 112 cm³/mol. The number of nitrogens with one attached hydrogen (secondary N) is 1. The minimum absolute atomic E-state index is 0.130. The third-order valence-corrected chi connectivity index (χ3v) is 5.28. The molecule has 0 aliphatic heterocycles. The maximum absolute atomic E-state index is 12.3. The fourth-order valence-electron chi connectivity index (χ4n) is 3.02. The van der Waals surface area contributed by atoms with Gasteiger partial charge in [0.2, 0.25) is 0 Å². The van der Waals surface area contributed by atoms with E-state index in [0.29, 0.717) is 29.0 Å². The van der Waals surface area contributed by atoms with Crippen molar-refractivity contribution in [2.24, 2.45) is 0 Å². The normalized spacial score (nSPS) is 11.0. The lowest BCUT2D eigenvalue weighted by molar-refractivity contribution is 0.730. The lowest BCUT2D eigenvalue weighted by Gasteiger charge is -2.08. The van der Waals surface area contributed by atoms with Crippen molar-refractivity contribution < 1.29 is 0 Å². The number of H-pyrrole nitrogens is 1. The molecule has 0 amide bonds. The molecule has 0 aliphatic carbocycles. The number of aromatic nitrogens is 5. The zero-order valence-corrected chi connectivity index (χ0v) is 16.2. The van der Waals surface area contributed by atoms with E-state index >= 15 is 0 Å². The topological polar surface area (TPSA) is 76.5 Å². The highest BCUT2D eigenvalue weighted by Gasteiger charge is 2.14. The number of benzene rings is 2. The largest absolute Gasteiger partial charge is 0.309 e. The third-order valence-electron chi connectivity index (χ3n) is 4.30. The van der Waals surface area contributed by atoms with Crippen LogP contribution in [0.1, 0.15) is 11.4 Å². The highest BCUT2D eigenvalue weighted by molar-refractivity contribution is 7.98. The molecule has 2 aromatic carbocycles. The zero-order chi connectivity index (χ0) is 19.5. The molecular weight excluding hydrogens is 370 g/mol. The van der Waals surface area contributed by atoms with Crippen molar-refractivity contribution >= 4 is 22.7 Å². The second kappa shape index (κ2) is 7.82. The van der Waals surface area contributed by atoms with Crippen LogP contribution in [-0.4, -0.2) is 24.7 Å². The van der Waals surface area contributed by atoms with Crippen LogP contribution in [0.15, 0.2) is 71.1 Å². The van der Waals surface area contributed by atoms with Gasteiger partial charge in [-0.15, -0.1) is 16.8 Å². The maximum Gasteiger partial charge on any atom is 0.258 e. The Morgan fingerprint density at radius 1 is 1.18 bits per heavy atom. The van der Waals surface area contributed by atoms with Crippen LogP contribution >= 0.6 is 11.8 Å². The minimum atomic E-state index is -0.130. The van der Waals surface area contributed by atoms with Crippen molar-refractivity contribution in [3.8, 4) is 11.4 Å². The zero-order valence-electron chi connectivity index (χ0n) is 15.4. The third kappa shape index (κ3) is 3.61. The number of thioether (sulfide) groups is 1. The van der Waals surface area contributed by atoms with Crippen LogP contribution in [0.2, 0.25) is 0 Å². The lowest BCUT2D eigenvalue weighted by Crippen LogP contribution is -2.11. The van der Waals surface area contributed by atoms with Gasteiger partial charge in [-0.2, -0.15) is 0 Å². The molecule has 7 heteroatoms. The number of aryl methyl sites for hydroxylation is 1. The number of hydrogen-bond donors (Lipinski definition) is 1. The molecular formula is C21H19N5OS. The summed E-state index contributed by atoms with van der Waals surface area (Å²) < 4.78 is 2.02. The molecule has 0 saturated heterocycles. The molecule has 0 fully saturated rings. The Morgan fingerprint density at radius 3 is 2.86 bits per heavy atom. The van der Waals surface area contributed by atoms with E-state index in [1.165, 1.54) is 11.8 Å². The highest BCUT2D eigenvalue weighted by atomic mass is 32.2. The molecule has 0 aliphatic rings. The molecule has 0 unspecified atom stereocenters. The van der Waals surface area contributed by atoms with Gasteiger partial charge in [-0.05, 0) is 25.1 Å². The standard InChI is InChI=1S/C21H19N5OS/c1-3-11-26-19(15-8-6-7-14(2)12-15)24-25-21(26)28-13-18-22-17-10-5-4-9-16(17)20(27)23-18/h3-10,12H,1,11,13H2,2H3,(H,22,23,27). The molecule has 2 aromatic heterocycles. The summed E-state index contributed by atoms with van der Waals surface area (Å²) in [6.07, 6.45) is 1.82. The van der Waals surface area contributed by atoms with Gasteiger partial charge in [-0.25, -0.2) is 4.98 Å². The summed E-state index contributed by atoms with van der Waals surface area (Å²) in [7, 11) is 0. The van der Waals surface area contributed by atoms with Crippen LogP contribution in [-0.2, 0) is 12.3 Å². The van der Waals surface area contributed by atoms with E-state index in [4.69, 9.17) is 0 Å². The van der Waals surface area contributed by atoms with E-state index in [0.717, 1.165) is 22.1 Å². The Labute approximate surface area is 166 Å². The van der Waals surface area contributed by atoms with E-state index in [2.05, 4.69) is 45.8 Å². The number of fused-ring (bicyclic) bond motifs is 1. The molecule has 0 bridgehead atoms. The number of para-hydroxylation sites is 1. The molecule has 0 radical (unpaired) electrons. The van der Waals surface area contributed by atoms with Crippen molar-refractivity contribution in [1.29, 1.82) is 0 Å². The Morgan fingerprint density at radius 2 is 2.04 bits per heavy atom. The monoisotopic (exact) mass is 389 g/mol. The van der Waals surface area contributed by atoms with Gasteiger partial charge in [0.05, 0.1) is 16.7 Å². The second-order valence-corrected chi connectivity index (χ2v) is 7.34. The summed E-state index contributed by atoms with van der Waals surface area (Å²) in [5, 5.41) is 10.1. The average Bonchev–Trinajstić information content (AvgIpc) is 3.09. The second-order valence-electron chi connectivity index (χ2n) is 6.39. The first-order chi connectivity index (χ1) is 13.7. The Hall–Kier alpha value is -3.19. The molecule has 28 heavy (non-hydrogen) atoms. The van der Waals surface area contributed by atoms with Crippen molar-refractivity contribution in [1.82, 2.24) is 24.7 Å². The molecule has 1 N–H and O–H groups in total. The molecule has 4 rings (SSSR count). The molecule has 6 nitrogen and oxygen atoms in total. The summed E-state index contributed by atoms with van der Waals surface area (Å²) >= 11 is 1.49. The van der Waals surface area contributed by atoms with E-state index in [1.54, 1.807) is 6.07 Å². The maximum atomic E-state index is 12.3. The van der Waals surface area contributed by atoms with Crippen molar-refractivity contribution in [3.05, 3.63) is 82.9 Å². The minimum Gasteiger partial charge on any atom is -0.309 e. The predicted octanol–water partition coefficient (Wildman–Crippen LogP) is 3.97. The molecule has 0 atom stereocenters. The van der Waals surface area contributed by atoms with Gasteiger partial charge in [0.1, 0.15) is 5.82 Å². The SMILES string of the molecule is C=CCn1c(SCc2nc3ccccc3c(=O)[nH]2)nnc1-c1cccc(C)c1. The summed E-state index contributed by atoms with van der Waals surface area (Å²) in [4.78, 5) is 19.7. The van der Waals surface area contributed by atoms with Gasteiger partial charge < -0.3 is 4.98 Å². The fraction of sp³-hybridized carbons (Fsp3) is 0.143. The highest BCUT2D eigenvalue weighted by Crippen LogP contribution is 2.26.